The van der Waals surface area contributed by atoms with Crippen molar-refractivity contribution in [3.05, 3.63) is 46.9 Å². The van der Waals surface area contributed by atoms with Gasteiger partial charge in [0.25, 0.3) is 5.91 Å². The van der Waals surface area contributed by atoms with Gasteiger partial charge in [0.15, 0.2) is 5.58 Å². The summed E-state index contributed by atoms with van der Waals surface area (Å²) in [5.74, 6) is 0.437. The van der Waals surface area contributed by atoms with Gasteiger partial charge in [-0.15, -0.1) is 0 Å². The average molecular weight is 401 g/mol. The van der Waals surface area contributed by atoms with E-state index in [9.17, 15) is 4.79 Å². The monoisotopic (exact) mass is 400 g/mol. The Morgan fingerprint density at radius 2 is 2.04 bits per heavy atom. The highest BCUT2D eigenvalue weighted by atomic mass is 35.5. The predicted octanol–water partition coefficient (Wildman–Crippen LogP) is 4.31. The van der Waals surface area contributed by atoms with Gasteiger partial charge in [0, 0.05) is 29.6 Å². The minimum Gasteiger partial charge on any atom is -0.453 e. The van der Waals surface area contributed by atoms with Crippen LogP contribution in [-0.2, 0) is 0 Å². The first-order valence-corrected chi connectivity index (χ1v) is 9.52. The molecule has 3 rings (SSSR count). The van der Waals surface area contributed by atoms with Crippen molar-refractivity contribution in [1.82, 2.24) is 20.2 Å². The van der Waals surface area contributed by atoms with Gasteiger partial charge < -0.3 is 14.6 Å². The summed E-state index contributed by atoms with van der Waals surface area (Å²) < 4.78 is 5.86. The molecule has 0 saturated heterocycles. The Bertz CT molecular complexity index is 1010. The number of amides is 1. The number of fused-ring (bicyclic) bond motifs is 1. The number of hydrogen-bond donors (Lipinski definition) is 1. The molecule has 0 atom stereocenters. The maximum atomic E-state index is 12.7. The predicted molar refractivity (Wildman–Crippen MR) is 112 cm³/mol. The van der Waals surface area contributed by atoms with Gasteiger partial charge in [0.05, 0.1) is 5.02 Å². The average Bonchev–Trinajstić information content (AvgIpc) is 3.05. The third-order valence-corrected chi connectivity index (χ3v) is 4.91. The van der Waals surface area contributed by atoms with Crippen LogP contribution in [0.4, 0.5) is 0 Å². The van der Waals surface area contributed by atoms with Crippen molar-refractivity contribution in [2.24, 2.45) is 0 Å². The number of aryl methyl sites for hydroxylation is 1. The van der Waals surface area contributed by atoms with Crippen LogP contribution in [0.15, 0.2) is 35.0 Å². The highest BCUT2D eigenvalue weighted by Gasteiger charge is 2.22. The topological polar surface area (TPSA) is 71.3 Å². The number of carbonyl (C=O) groups excluding carboxylic acids is 1. The number of pyridine rings is 2. The zero-order chi connectivity index (χ0) is 20.5. The molecule has 0 saturated carbocycles. The molecule has 0 aliphatic heterocycles. The van der Waals surface area contributed by atoms with Crippen LogP contribution >= 0.6 is 11.6 Å². The van der Waals surface area contributed by atoms with Gasteiger partial charge in [0.1, 0.15) is 17.0 Å². The van der Waals surface area contributed by atoms with E-state index in [1.807, 2.05) is 40.9 Å². The summed E-state index contributed by atoms with van der Waals surface area (Å²) in [6.45, 7) is 6.84. The molecule has 0 aromatic carbocycles. The van der Waals surface area contributed by atoms with Gasteiger partial charge >= 0.3 is 0 Å². The minimum atomic E-state index is -0.323. The zero-order valence-corrected chi connectivity index (χ0v) is 17.6. The largest absolute Gasteiger partial charge is 0.453 e. The van der Waals surface area contributed by atoms with Crippen molar-refractivity contribution < 1.29 is 9.21 Å². The number of furan rings is 1. The molecule has 3 heterocycles. The van der Waals surface area contributed by atoms with E-state index in [1.165, 1.54) is 0 Å². The first-order valence-electron chi connectivity index (χ1n) is 9.14. The maximum absolute atomic E-state index is 12.7. The van der Waals surface area contributed by atoms with E-state index in [1.54, 1.807) is 24.5 Å². The van der Waals surface area contributed by atoms with Gasteiger partial charge in [-0.05, 0) is 65.5 Å². The lowest BCUT2D eigenvalue weighted by Gasteiger charge is -2.27. The molecule has 28 heavy (non-hydrogen) atoms. The first kappa shape index (κ1) is 20.3. The Morgan fingerprint density at radius 1 is 1.29 bits per heavy atom. The second kappa shape index (κ2) is 7.89. The molecule has 6 nitrogen and oxygen atoms in total. The second-order valence-electron chi connectivity index (χ2n) is 7.89. The van der Waals surface area contributed by atoms with E-state index in [0.717, 1.165) is 24.1 Å². The number of aromatic nitrogens is 2. The number of halogens is 1. The lowest BCUT2D eigenvalue weighted by molar-refractivity contribution is 0.0900. The molecule has 3 aromatic heterocycles. The number of nitrogens with zero attached hydrogens (tertiary/aromatic N) is 3. The van der Waals surface area contributed by atoms with Gasteiger partial charge in [-0.3, -0.25) is 14.8 Å². The first-order chi connectivity index (χ1) is 13.2. The molecule has 148 valence electrons. The van der Waals surface area contributed by atoms with Crippen LogP contribution in [-0.4, -0.2) is 47.0 Å². The highest BCUT2D eigenvalue weighted by molar-refractivity contribution is 6.34. The fraction of sp³-hybridized carbons (Fsp3) is 0.381. The Labute approximate surface area is 169 Å². The molecule has 0 fully saturated rings. The molecule has 3 aromatic rings. The SMILES string of the molecule is Cc1cc(C(=O)NC(C)(C)CCN(C)C)ncc1-c1cc2nccc(Cl)c2o1. The van der Waals surface area contributed by atoms with Crippen LogP contribution in [0.3, 0.4) is 0 Å². The van der Waals surface area contributed by atoms with Crippen molar-refractivity contribution in [1.29, 1.82) is 0 Å². The van der Waals surface area contributed by atoms with Crippen molar-refractivity contribution >= 4 is 28.6 Å². The van der Waals surface area contributed by atoms with Gasteiger partial charge in [0.2, 0.25) is 0 Å². The zero-order valence-electron chi connectivity index (χ0n) is 16.8. The Kier molecular flexibility index (Phi) is 5.72. The summed E-state index contributed by atoms with van der Waals surface area (Å²) in [7, 11) is 4.03. The van der Waals surface area contributed by atoms with Gasteiger partial charge in [-0.1, -0.05) is 11.6 Å². The highest BCUT2D eigenvalue weighted by Crippen LogP contribution is 2.32. The van der Waals surface area contributed by atoms with E-state index in [2.05, 4.69) is 20.2 Å². The third-order valence-electron chi connectivity index (χ3n) is 4.61. The number of nitrogens with one attached hydrogen (secondary N) is 1. The molecule has 0 unspecified atom stereocenters. The van der Waals surface area contributed by atoms with Crippen LogP contribution in [0.1, 0.15) is 36.3 Å². The number of hydrogen-bond acceptors (Lipinski definition) is 5. The Morgan fingerprint density at radius 3 is 2.68 bits per heavy atom. The van der Waals surface area contributed by atoms with Crippen molar-refractivity contribution in [3.8, 4) is 11.3 Å². The molecule has 0 aliphatic rings. The number of carbonyl (C=O) groups is 1. The van der Waals surface area contributed by atoms with E-state index >= 15 is 0 Å². The van der Waals surface area contributed by atoms with E-state index in [-0.39, 0.29) is 11.4 Å². The smallest absolute Gasteiger partial charge is 0.270 e. The minimum absolute atomic E-state index is 0.187. The van der Waals surface area contributed by atoms with Crippen molar-refractivity contribution in [3.63, 3.8) is 0 Å². The lowest BCUT2D eigenvalue weighted by atomic mass is 10.00. The molecule has 0 bridgehead atoms. The molecule has 1 N–H and O–H groups in total. The molecule has 0 aliphatic carbocycles. The quantitative estimate of drug-likeness (QED) is 0.667. The lowest BCUT2D eigenvalue weighted by Crippen LogP contribution is -2.45. The summed E-state index contributed by atoms with van der Waals surface area (Å²) in [5.41, 5.74) is 2.98. The summed E-state index contributed by atoms with van der Waals surface area (Å²) in [4.78, 5) is 23.4. The van der Waals surface area contributed by atoms with Gasteiger partial charge in [-0.2, -0.15) is 0 Å². The summed E-state index contributed by atoms with van der Waals surface area (Å²) in [5, 5.41) is 3.58. The van der Waals surface area contributed by atoms with E-state index in [4.69, 9.17) is 16.0 Å². The van der Waals surface area contributed by atoms with Crippen molar-refractivity contribution in [2.45, 2.75) is 32.7 Å². The standard InChI is InChI=1S/C21H25ClN4O2/c1-13-10-17(20(27)25-21(2,3)7-9-26(4)5)24-12-14(13)18-11-16-19(28-18)15(22)6-8-23-16/h6,8,10-12H,7,9H2,1-5H3,(H,25,27). The molecular formula is C21H25ClN4O2. The number of rotatable bonds is 6. The van der Waals surface area contributed by atoms with Crippen LogP contribution in [0.25, 0.3) is 22.4 Å². The van der Waals surface area contributed by atoms with Crippen LogP contribution in [0, 0.1) is 6.92 Å². The van der Waals surface area contributed by atoms with Crippen molar-refractivity contribution in [2.75, 3.05) is 20.6 Å². The molecule has 1 amide bonds. The third kappa shape index (κ3) is 4.51. The van der Waals surface area contributed by atoms with E-state index < -0.39 is 0 Å². The van der Waals surface area contributed by atoms with E-state index in [0.29, 0.717) is 27.6 Å². The molecular weight excluding hydrogens is 376 g/mol. The fourth-order valence-corrected chi connectivity index (χ4v) is 3.11. The molecule has 0 radical (unpaired) electrons. The summed E-state index contributed by atoms with van der Waals surface area (Å²) in [6, 6.07) is 5.29. The van der Waals surface area contributed by atoms with Crippen LogP contribution in [0.5, 0.6) is 0 Å². The Balaban J connectivity index is 1.81. The normalized spacial score (nSPS) is 12.0. The maximum Gasteiger partial charge on any atom is 0.270 e. The second-order valence-corrected chi connectivity index (χ2v) is 8.30. The van der Waals surface area contributed by atoms with Gasteiger partial charge in [-0.25, -0.2) is 0 Å². The molecule has 0 spiro atoms. The Hall–Kier alpha value is -2.44. The summed E-state index contributed by atoms with van der Waals surface area (Å²) >= 11 is 6.17. The molecule has 7 heteroatoms. The van der Waals surface area contributed by atoms with Crippen LogP contribution in [0.2, 0.25) is 5.02 Å². The fourth-order valence-electron chi connectivity index (χ4n) is 2.91. The van der Waals surface area contributed by atoms with Crippen LogP contribution < -0.4 is 5.32 Å². The summed E-state index contributed by atoms with van der Waals surface area (Å²) in [6.07, 6.45) is 4.14.